The van der Waals surface area contributed by atoms with Crippen molar-refractivity contribution in [1.82, 2.24) is 4.98 Å². The molecule has 0 spiro atoms. The van der Waals surface area contributed by atoms with E-state index >= 15 is 0 Å². The predicted molar refractivity (Wildman–Crippen MR) is 66.9 cm³/mol. The number of pyridine rings is 1. The minimum atomic E-state index is -0.694. The molecule has 0 fully saturated rings. The molecule has 1 amide bonds. The van der Waals surface area contributed by atoms with Crippen LogP contribution < -0.4 is 5.32 Å². The van der Waals surface area contributed by atoms with Crippen LogP contribution in [0.4, 0.5) is 5.82 Å². The van der Waals surface area contributed by atoms with Crippen LogP contribution in [-0.2, 0) is 16.0 Å². The first-order chi connectivity index (χ1) is 8.54. The normalized spacial score (nSPS) is 19.2. The second-order valence-electron chi connectivity index (χ2n) is 4.33. The second-order valence-corrected chi connectivity index (χ2v) is 4.33. The third-order valence-electron chi connectivity index (χ3n) is 2.63. The van der Waals surface area contributed by atoms with E-state index in [2.05, 4.69) is 10.3 Å². The highest BCUT2D eigenvalue weighted by Crippen LogP contribution is 2.21. The Hall–Kier alpha value is -2.01. The van der Waals surface area contributed by atoms with Gasteiger partial charge in [0.2, 0.25) is 5.91 Å². The van der Waals surface area contributed by atoms with Crippen molar-refractivity contribution >= 4 is 23.6 Å². The van der Waals surface area contributed by atoms with Gasteiger partial charge in [-0.25, -0.2) is 4.98 Å². The Labute approximate surface area is 105 Å². The Bertz CT molecular complexity index is 523. The van der Waals surface area contributed by atoms with Crippen molar-refractivity contribution in [3.63, 3.8) is 0 Å². The van der Waals surface area contributed by atoms with Crippen LogP contribution in [0.3, 0.4) is 0 Å². The Morgan fingerprint density at radius 1 is 1.56 bits per heavy atom. The van der Waals surface area contributed by atoms with Crippen molar-refractivity contribution in [2.75, 3.05) is 5.32 Å². The molecule has 1 aliphatic heterocycles. The molecule has 2 heterocycles. The first-order valence-electron chi connectivity index (χ1n) is 5.70. The molecule has 2 rings (SSSR count). The molecule has 1 aromatic rings. The number of carbonyl (C=O) groups excluding carboxylic acids is 2. The lowest BCUT2D eigenvalue weighted by Crippen LogP contribution is -2.16. The number of ketones is 1. The summed E-state index contributed by atoms with van der Waals surface area (Å²) < 4.78 is 0. The zero-order chi connectivity index (χ0) is 13.1. The number of aliphatic hydroxyl groups excluding tert-OH is 1. The zero-order valence-electron chi connectivity index (χ0n) is 10.0. The second kappa shape index (κ2) is 5.10. The number of hydrogen-bond donors (Lipinski definition) is 2. The summed E-state index contributed by atoms with van der Waals surface area (Å²) in [5.74, 6) is 0.204. The Morgan fingerprint density at radius 2 is 2.33 bits per heavy atom. The molecule has 1 aromatic heterocycles. The lowest BCUT2D eigenvalue weighted by molar-refractivity contribution is -0.117. The van der Waals surface area contributed by atoms with E-state index in [1.807, 2.05) is 6.07 Å². The summed E-state index contributed by atoms with van der Waals surface area (Å²) in [7, 11) is 0. The fourth-order valence-corrected chi connectivity index (χ4v) is 1.82. The van der Waals surface area contributed by atoms with E-state index in [-0.39, 0.29) is 18.1 Å². The molecule has 0 aromatic carbocycles. The Balaban J connectivity index is 2.31. The topological polar surface area (TPSA) is 79.3 Å². The smallest absolute Gasteiger partial charge is 0.228 e. The van der Waals surface area contributed by atoms with Crippen LogP contribution in [0.5, 0.6) is 0 Å². The molecule has 0 saturated heterocycles. The lowest BCUT2D eigenvalue weighted by Gasteiger charge is -2.06. The summed E-state index contributed by atoms with van der Waals surface area (Å²) >= 11 is 0. The molecule has 94 valence electrons. The maximum Gasteiger partial charge on any atom is 0.228 e. The highest BCUT2D eigenvalue weighted by Gasteiger charge is 2.20. The zero-order valence-corrected chi connectivity index (χ0v) is 10.0. The number of rotatable bonds is 2. The van der Waals surface area contributed by atoms with E-state index < -0.39 is 6.10 Å². The van der Waals surface area contributed by atoms with E-state index in [0.29, 0.717) is 12.2 Å². The number of amides is 1. The highest BCUT2D eigenvalue weighted by molar-refractivity contribution is 5.93. The number of nitrogens with zero attached hydrogens (tertiary/aromatic N) is 1. The molecule has 0 radical (unpaired) electrons. The van der Waals surface area contributed by atoms with E-state index in [0.717, 1.165) is 11.1 Å². The van der Waals surface area contributed by atoms with E-state index in [9.17, 15) is 14.7 Å². The van der Waals surface area contributed by atoms with Crippen LogP contribution >= 0.6 is 0 Å². The minimum absolute atomic E-state index is 0.0433. The number of anilines is 1. The van der Waals surface area contributed by atoms with Gasteiger partial charge in [0.05, 0.1) is 12.5 Å². The van der Waals surface area contributed by atoms with Crippen LogP contribution in [0.2, 0.25) is 0 Å². The number of carbonyl (C=O) groups is 2. The van der Waals surface area contributed by atoms with Crippen LogP contribution in [0.25, 0.3) is 6.08 Å². The van der Waals surface area contributed by atoms with Gasteiger partial charge in [-0.3, -0.25) is 9.59 Å². The molecule has 5 heteroatoms. The molecular formula is C13H14N2O3. The van der Waals surface area contributed by atoms with Crippen LogP contribution in [0.1, 0.15) is 24.5 Å². The van der Waals surface area contributed by atoms with Gasteiger partial charge in [-0.2, -0.15) is 0 Å². The average Bonchev–Trinajstić information content (AvgIpc) is 2.42. The van der Waals surface area contributed by atoms with Crippen molar-refractivity contribution in [3.05, 3.63) is 29.5 Å². The molecule has 1 atom stereocenters. The summed E-state index contributed by atoms with van der Waals surface area (Å²) in [6.45, 7) is 1.47. The van der Waals surface area contributed by atoms with Crippen LogP contribution in [0, 0.1) is 0 Å². The van der Waals surface area contributed by atoms with E-state index in [4.69, 9.17) is 0 Å². The fraction of sp³-hybridized carbons (Fsp3) is 0.308. The molecule has 0 bridgehead atoms. The lowest BCUT2D eigenvalue weighted by atomic mass is 10.1. The molecule has 5 nitrogen and oxygen atoms in total. The van der Waals surface area contributed by atoms with Gasteiger partial charge in [0.25, 0.3) is 0 Å². The molecule has 1 aliphatic rings. The highest BCUT2D eigenvalue weighted by atomic mass is 16.3. The summed E-state index contributed by atoms with van der Waals surface area (Å²) in [6.07, 6.45) is 4.46. The van der Waals surface area contributed by atoms with Crippen molar-refractivity contribution in [2.45, 2.75) is 25.9 Å². The van der Waals surface area contributed by atoms with Crippen LogP contribution in [0.15, 0.2) is 18.3 Å². The van der Waals surface area contributed by atoms with Gasteiger partial charge >= 0.3 is 0 Å². The predicted octanol–water partition coefficient (Wildman–Crippen LogP) is 0.929. The molecular weight excluding hydrogens is 232 g/mol. The van der Waals surface area contributed by atoms with Crippen molar-refractivity contribution in [1.29, 1.82) is 0 Å². The summed E-state index contributed by atoms with van der Waals surface area (Å²) in [6, 6.07) is 1.82. The Kier molecular flexibility index (Phi) is 3.53. The van der Waals surface area contributed by atoms with Gasteiger partial charge in [-0.1, -0.05) is 0 Å². The SMILES string of the molecule is CC(=O)/C=C/c1cnc2c(c1)C[C@@H](O)CC(=O)N2. The summed E-state index contributed by atoms with van der Waals surface area (Å²) in [4.78, 5) is 26.4. The van der Waals surface area contributed by atoms with E-state index in [1.165, 1.54) is 13.0 Å². The number of allylic oxidation sites excluding steroid dienone is 1. The maximum atomic E-state index is 11.4. The third kappa shape index (κ3) is 3.01. The van der Waals surface area contributed by atoms with Gasteiger partial charge in [-0.15, -0.1) is 0 Å². The largest absolute Gasteiger partial charge is 0.392 e. The first kappa shape index (κ1) is 12.4. The average molecular weight is 246 g/mol. The van der Waals surface area contributed by atoms with E-state index in [1.54, 1.807) is 12.3 Å². The number of hydrogen-bond acceptors (Lipinski definition) is 4. The third-order valence-corrected chi connectivity index (χ3v) is 2.63. The van der Waals surface area contributed by atoms with Gasteiger partial charge < -0.3 is 10.4 Å². The quantitative estimate of drug-likeness (QED) is 0.761. The van der Waals surface area contributed by atoms with Gasteiger partial charge in [0.15, 0.2) is 5.78 Å². The molecule has 0 aliphatic carbocycles. The van der Waals surface area contributed by atoms with Crippen molar-refractivity contribution < 1.29 is 14.7 Å². The first-order valence-corrected chi connectivity index (χ1v) is 5.70. The van der Waals surface area contributed by atoms with Gasteiger partial charge in [0.1, 0.15) is 5.82 Å². The molecule has 0 saturated carbocycles. The van der Waals surface area contributed by atoms with Crippen molar-refractivity contribution in [2.24, 2.45) is 0 Å². The fourth-order valence-electron chi connectivity index (χ4n) is 1.82. The number of fused-ring (bicyclic) bond motifs is 1. The summed E-state index contributed by atoms with van der Waals surface area (Å²) in [5.41, 5.74) is 1.55. The van der Waals surface area contributed by atoms with Gasteiger partial charge in [-0.05, 0) is 36.3 Å². The molecule has 0 unspecified atom stereocenters. The number of aliphatic hydroxyl groups is 1. The minimum Gasteiger partial charge on any atom is -0.392 e. The van der Waals surface area contributed by atoms with Crippen LogP contribution in [-0.4, -0.2) is 27.9 Å². The van der Waals surface area contributed by atoms with Crippen molar-refractivity contribution in [3.8, 4) is 0 Å². The standard InChI is InChI=1S/C13H14N2O3/c1-8(16)2-3-9-4-10-5-11(17)6-12(18)15-13(10)14-7-9/h2-4,7,11,17H,5-6H2,1H3,(H,14,15,18)/b3-2+/t11-/m1/s1. The monoisotopic (exact) mass is 246 g/mol. The summed E-state index contributed by atoms with van der Waals surface area (Å²) in [5, 5.41) is 12.3. The maximum absolute atomic E-state index is 11.4. The number of nitrogens with one attached hydrogen (secondary N) is 1. The Morgan fingerprint density at radius 3 is 3.06 bits per heavy atom. The molecule has 2 N–H and O–H groups in total. The number of aromatic nitrogens is 1. The van der Waals surface area contributed by atoms with Gasteiger partial charge in [0, 0.05) is 12.6 Å². The molecule has 18 heavy (non-hydrogen) atoms.